The maximum atomic E-state index is 11.7. The molecule has 11 nitrogen and oxygen atoms in total. The first-order valence-electron chi connectivity index (χ1n) is 9.30. The standard InChI is InChI=1S/C17H21N5O6P2S/c23-29(24,25)17(30(26,27)28)19-14-13-6-11-31-15(13)20-16(18-14)22-9-7-21(8-10-22)12-4-2-1-3-5-12/h1-6,11,17H,7-10H2,(H,18,19,20)(H2,23,24,25)(H2,26,27,28). The van der Waals surface area contributed by atoms with Crippen molar-refractivity contribution in [1.82, 2.24) is 9.97 Å². The molecule has 2 aromatic heterocycles. The second-order valence-electron chi connectivity index (χ2n) is 7.02. The lowest BCUT2D eigenvalue weighted by atomic mass is 10.2. The predicted molar refractivity (Wildman–Crippen MR) is 120 cm³/mol. The zero-order valence-electron chi connectivity index (χ0n) is 16.1. The van der Waals surface area contributed by atoms with Crippen molar-refractivity contribution in [1.29, 1.82) is 0 Å². The van der Waals surface area contributed by atoms with Gasteiger partial charge in [-0.15, -0.1) is 11.3 Å². The third kappa shape index (κ3) is 4.91. The Morgan fingerprint density at radius 2 is 1.52 bits per heavy atom. The van der Waals surface area contributed by atoms with E-state index >= 15 is 0 Å². The Kier molecular flexibility index (Phi) is 6.06. The second-order valence-corrected chi connectivity index (χ2v) is 11.7. The zero-order chi connectivity index (χ0) is 22.2. The van der Waals surface area contributed by atoms with Crippen LogP contribution in [0.5, 0.6) is 0 Å². The molecule has 1 aromatic carbocycles. The minimum absolute atomic E-state index is 0.0246. The monoisotopic (exact) mass is 485 g/mol. The fraction of sp³-hybridized carbons (Fsp3) is 0.294. The summed E-state index contributed by atoms with van der Waals surface area (Å²) >= 11 is 1.30. The number of piperazine rings is 1. The Morgan fingerprint density at radius 3 is 2.13 bits per heavy atom. The molecule has 1 aliphatic heterocycles. The second kappa shape index (κ2) is 8.48. The van der Waals surface area contributed by atoms with Crippen LogP contribution in [0.15, 0.2) is 41.8 Å². The van der Waals surface area contributed by atoms with Gasteiger partial charge in [0.2, 0.25) is 11.5 Å². The van der Waals surface area contributed by atoms with Gasteiger partial charge in [0, 0.05) is 31.9 Å². The maximum Gasteiger partial charge on any atom is 0.360 e. The molecule has 0 spiro atoms. The molecule has 0 atom stereocenters. The van der Waals surface area contributed by atoms with Gasteiger partial charge in [-0.2, -0.15) is 4.98 Å². The van der Waals surface area contributed by atoms with Gasteiger partial charge < -0.3 is 34.7 Å². The third-order valence-electron chi connectivity index (χ3n) is 4.90. The van der Waals surface area contributed by atoms with E-state index in [4.69, 9.17) is 0 Å². The van der Waals surface area contributed by atoms with Gasteiger partial charge in [-0.3, -0.25) is 9.13 Å². The third-order valence-corrected chi connectivity index (χ3v) is 9.04. The molecule has 0 bridgehead atoms. The van der Waals surface area contributed by atoms with Crippen LogP contribution >= 0.6 is 26.5 Å². The van der Waals surface area contributed by atoms with E-state index in [0.29, 0.717) is 29.3 Å². The summed E-state index contributed by atoms with van der Waals surface area (Å²) in [6, 6.07) is 11.6. The largest absolute Gasteiger partial charge is 0.368 e. The van der Waals surface area contributed by atoms with Gasteiger partial charge in [0.25, 0.3) is 0 Å². The maximum absolute atomic E-state index is 11.7. The van der Waals surface area contributed by atoms with E-state index in [0.717, 1.165) is 18.8 Å². The molecule has 14 heteroatoms. The summed E-state index contributed by atoms with van der Waals surface area (Å²) < 4.78 is 23.4. The fourth-order valence-electron chi connectivity index (χ4n) is 3.39. The zero-order valence-corrected chi connectivity index (χ0v) is 18.7. The summed E-state index contributed by atoms with van der Waals surface area (Å²) in [7, 11) is -10.3. The lowest BCUT2D eigenvalue weighted by Crippen LogP contribution is -2.47. The van der Waals surface area contributed by atoms with Crippen LogP contribution in [0.1, 0.15) is 0 Å². The van der Waals surface area contributed by atoms with E-state index in [1.165, 1.54) is 11.3 Å². The van der Waals surface area contributed by atoms with Crippen LogP contribution in [0.25, 0.3) is 10.2 Å². The fourth-order valence-corrected chi connectivity index (χ4v) is 6.29. The highest BCUT2D eigenvalue weighted by molar-refractivity contribution is 7.71. The number of aromatic nitrogens is 2. The van der Waals surface area contributed by atoms with Crippen LogP contribution in [-0.2, 0) is 9.13 Å². The van der Waals surface area contributed by atoms with Gasteiger partial charge in [0.15, 0.2) is 0 Å². The van der Waals surface area contributed by atoms with Crippen molar-refractivity contribution in [2.45, 2.75) is 5.52 Å². The Balaban J connectivity index is 1.61. The van der Waals surface area contributed by atoms with Gasteiger partial charge in [0.1, 0.15) is 10.6 Å². The molecule has 0 saturated carbocycles. The van der Waals surface area contributed by atoms with Crippen LogP contribution in [-0.4, -0.2) is 61.2 Å². The number of rotatable bonds is 6. The number of thiophene rings is 1. The first kappa shape index (κ1) is 22.2. The Bertz CT molecular complexity index is 1140. The van der Waals surface area contributed by atoms with Crippen molar-refractivity contribution in [3.05, 3.63) is 41.8 Å². The lowest BCUT2D eigenvalue weighted by Gasteiger charge is -2.36. The minimum Gasteiger partial charge on any atom is -0.368 e. The van der Waals surface area contributed by atoms with Crippen molar-refractivity contribution in [3.8, 4) is 0 Å². The van der Waals surface area contributed by atoms with Crippen LogP contribution in [0.3, 0.4) is 0 Å². The van der Waals surface area contributed by atoms with E-state index in [-0.39, 0.29) is 5.82 Å². The minimum atomic E-state index is -5.16. The van der Waals surface area contributed by atoms with E-state index in [9.17, 15) is 28.7 Å². The first-order valence-corrected chi connectivity index (χ1v) is 13.5. The topological polar surface area (TPSA) is 159 Å². The smallest absolute Gasteiger partial charge is 0.360 e. The number of hydrogen-bond donors (Lipinski definition) is 5. The van der Waals surface area contributed by atoms with Crippen LogP contribution in [0.2, 0.25) is 0 Å². The molecule has 0 radical (unpaired) electrons. The number of fused-ring (bicyclic) bond motifs is 1. The molecule has 166 valence electrons. The molecule has 0 aliphatic carbocycles. The van der Waals surface area contributed by atoms with Crippen molar-refractivity contribution in [2.24, 2.45) is 0 Å². The van der Waals surface area contributed by atoms with Gasteiger partial charge >= 0.3 is 15.2 Å². The Hall–Kier alpha value is -2.04. The summed E-state index contributed by atoms with van der Waals surface area (Å²) in [6.07, 6.45) is 0. The molecular weight excluding hydrogens is 464 g/mol. The summed E-state index contributed by atoms with van der Waals surface area (Å²) in [5.41, 5.74) is -1.27. The van der Waals surface area contributed by atoms with Crippen molar-refractivity contribution >= 4 is 54.2 Å². The van der Waals surface area contributed by atoms with Gasteiger partial charge in [-0.25, -0.2) is 4.98 Å². The highest BCUT2D eigenvalue weighted by Gasteiger charge is 2.44. The van der Waals surface area contributed by atoms with Gasteiger partial charge in [-0.1, -0.05) is 18.2 Å². The van der Waals surface area contributed by atoms with Crippen molar-refractivity contribution in [3.63, 3.8) is 0 Å². The molecule has 0 amide bonds. The van der Waals surface area contributed by atoms with Crippen LogP contribution < -0.4 is 15.1 Å². The summed E-state index contributed by atoms with van der Waals surface area (Å²) in [5, 5.41) is 4.46. The number of para-hydroxylation sites is 1. The Labute approximate surface area is 181 Å². The molecule has 3 aromatic rings. The predicted octanol–water partition coefficient (Wildman–Crippen LogP) is 2.07. The average Bonchev–Trinajstić information content (AvgIpc) is 3.20. The molecular formula is C17H21N5O6P2S. The SMILES string of the molecule is O=P(O)(O)C(Nc1nc(N2CCN(c3ccccc3)CC2)nc2sccc12)P(=O)(O)O. The number of nitrogens with one attached hydrogen (secondary N) is 1. The van der Waals surface area contributed by atoms with Crippen molar-refractivity contribution in [2.75, 3.05) is 41.3 Å². The molecule has 5 N–H and O–H groups in total. The van der Waals surface area contributed by atoms with E-state index in [1.807, 2.05) is 35.2 Å². The molecule has 0 unspecified atom stereocenters. The van der Waals surface area contributed by atoms with E-state index < -0.39 is 20.7 Å². The lowest BCUT2D eigenvalue weighted by molar-refractivity contribution is 0.343. The Morgan fingerprint density at radius 1 is 0.903 bits per heavy atom. The number of nitrogens with zero attached hydrogens (tertiary/aromatic N) is 4. The quantitative estimate of drug-likeness (QED) is 0.325. The van der Waals surface area contributed by atoms with Gasteiger partial charge in [-0.05, 0) is 23.6 Å². The van der Waals surface area contributed by atoms with Crippen LogP contribution in [0, 0.1) is 0 Å². The molecule has 1 saturated heterocycles. The summed E-state index contributed by atoms with van der Waals surface area (Å²) in [6.45, 7) is 2.69. The normalized spacial score (nSPS) is 15.6. The number of anilines is 3. The molecule has 4 rings (SSSR count). The van der Waals surface area contributed by atoms with Crippen molar-refractivity contribution < 1.29 is 28.7 Å². The molecule has 3 heterocycles. The number of benzene rings is 1. The van der Waals surface area contributed by atoms with Crippen LogP contribution in [0.4, 0.5) is 17.5 Å². The molecule has 1 aliphatic rings. The molecule has 31 heavy (non-hydrogen) atoms. The number of hydrogen-bond acceptors (Lipinski definition) is 8. The van der Waals surface area contributed by atoms with E-state index in [2.05, 4.69) is 20.2 Å². The average molecular weight is 485 g/mol. The summed E-state index contributed by atoms with van der Waals surface area (Å²) in [5.74, 6) is 0.309. The highest BCUT2D eigenvalue weighted by atomic mass is 32.1. The van der Waals surface area contributed by atoms with Gasteiger partial charge in [0.05, 0.1) is 5.39 Å². The first-order chi connectivity index (χ1) is 14.6. The molecule has 1 fully saturated rings. The van der Waals surface area contributed by atoms with E-state index in [1.54, 1.807) is 11.4 Å². The summed E-state index contributed by atoms with van der Waals surface area (Å²) in [4.78, 5) is 51.4. The highest BCUT2D eigenvalue weighted by Crippen LogP contribution is 2.59.